The van der Waals surface area contributed by atoms with Crippen LogP contribution in [0.3, 0.4) is 0 Å². The number of nitrogens with zero attached hydrogens (tertiary/aromatic N) is 1. The Morgan fingerprint density at radius 2 is 2.04 bits per heavy atom. The van der Waals surface area contributed by atoms with Crippen LogP contribution in [0, 0.1) is 0 Å². The van der Waals surface area contributed by atoms with E-state index < -0.39 is 12.0 Å². The first-order valence-corrected chi connectivity index (χ1v) is 8.91. The Bertz CT molecular complexity index is 630. The van der Waals surface area contributed by atoms with Crippen LogP contribution in [0.1, 0.15) is 18.4 Å². The van der Waals surface area contributed by atoms with Gasteiger partial charge in [-0.3, -0.25) is 4.79 Å². The number of aliphatic carboxylic acids is 1. The maximum atomic E-state index is 12.1. The molecule has 1 aromatic carbocycles. The van der Waals surface area contributed by atoms with Crippen LogP contribution < -0.4 is 15.8 Å². The number of hydrogen-bond acceptors (Lipinski definition) is 6. The molecule has 3 rings (SSSR count). The predicted octanol–water partition coefficient (Wildman–Crippen LogP) is 0.593. The summed E-state index contributed by atoms with van der Waals surface area (Å²) in [5, 5.41) is 12.1. The number of nitrogens with one attached hydrogen (secondary N) is 1. The van der Waals surface area contributed by atoms with Gasteiger partial charge in [0.25, 0.3) is 0 Å². The lowest BCUT2D eigenvalue weighted by Crippen LogP contribution is -2.44. The van der Waals surface area contributed by atoms with Crippen molar-refractivity contribution in [3.8, 4) is 5.75 Å². The molecule has 1 aromatic rings. The third kappa shape index (κ3) is 4.64. The van der Waals surface area contributed by atoms with Gasteiger partial charge in [-0.05, 0) is 50.0 Å². The van der Waals surface area contributed by atoms with Gasteiger partial charge in [-0.2, -0.15) is 0 Å². The van der Waals surface area contributed by atoms with E-state index in [1.807, 2.05) is 4.90 Å². The Kier molecular flexibility index (Phi) is 5.95. The molecule has 0 aromatic heterocycles. The second kappa shape index (κ2) is 8.37. The van der Waals surface area contributed by atoms with Crippen LogP contribution in [-0.4, -0.2) is 66.5 Å². The number of cyclic esters (lactones) is 1. The second-order valence-corrected chi connectivity index (χ2v) is 6.74. The van der Waals surface area contributed by atoms with E-state index in [0.717, 1.165) is 31.5 Å². The van der Waals surface area contributed by atoms with Crippen LogP contribution in [-0.2, 0) is 16.0 Å². The maximum absolute atomic E-state index is 12.1. The number of nitrogens with two attached hydrogens (primary N) is 1. The number of amides is 1. The zero-order valence-corrected chi connectivity index (χ0v) is 14.6. The number of rotatable bonds is 7. The molecule has 2 atom stereocenters. The molecule has 0 bridgehead atoms. The number of benzene rings is 1. The Morgan fingerprint density at radius 1 is 1.35 bits per heavy atom. The molecule has 0 spiro atoms. The fraction of sp³-hybridized carbons (Fsp3) is 0.556. The lowest BCUT2D eigenvalue weighted by atomic mass is 10.1. The molecule has 2 aliphatic heterocycles. The van der Waals surface area contributed by atoms with E-state index in [1.54, 1.807) is 24.3 Å². The number of carboxylic acid groups (broad SMARTS) is 1. The van der Waals surface area contributed by atoms with Crippen molar-refractivity contribution < 1.29 is 24.2 Å². The zero-order chi connectivity index (χ0) is 18.5. The summed E-state index contributed by atoms with van der Waals surface area (Å²) in [5.41, 5.74) is 6.36. The lowest BCUT2D eigenvalue weighted by molar-refractivity contribution is -0.138. The van der Waals surface area contributed by atoms with Gasteiger partial charge in [0.2, 0.25) is 0 Å². The Labute approximate surface area is 152 Å². The molecule has 2 heterocycles. The summed E-state index contributed by atoms with van der Waals surface area (Å²) in [5.74, 6) is -0.374. The molecule has 2 saturated heterocycles. The minimum atomic E-state index is -1.02. The van der Waals surface area contributed by atoms with E-state index in [2.05, 4.69) is 5.32 Å². The third-order valence-electron chi connectivity index (χ3n) is 4.78. The number of piperidine rings is 1. The fourth-order valence-electron chi connectivity index (χ4n) is 3.30. The van der Waals surface area contributed by atoms with Crippen LogP contribution in [0.5, 0.6) is 5.75 Å². The molecular weight excluding hydrogens is 338 g/mol. The van der Waals surface area contributed by atoms with Crippen molar-refractivity contribution in [2.75, 3.05) is 26.2 Å². The molecule has 0 saturated carbocycles. The number of carbonyl (C=O) groups is 2. The smallest absolute Gasteiger partial charge is 0.410 e. The van der Waals surface area contributed by atoms with Crippen molar-refractivity contribution in [2.45, 2.75) is 37.5 Å². The molecule has 2 aliphatic rings. The Balaban J connectivity index is 1.47. The van der Waals surface area contributed by atoms with Gasteiger partial charge in [-0.25, -0.2) is 4.79 Å². The normalized spacial score (nSPS) is 22.1. The van der Waals surface area contributed by atoms with Crippen LogP contribution in [0.4, 0.5) is 4.79 Å². The molecule has 0 aliphatic carbocycles. The van der Waals surface area contributed by atoms with Crippen LogP contribution >= 0.6 is 0 Å². The summed E-state index contributed by atoms with van der Waals surface area (Å²) in [6.07, 6.45) is 1.62. The average molecular weight is 363 g/mol. The second-order valence-electron chi connectivity index (χ2n) is 6.74. The van der Waals surface area contributed by atoms with Gasteiger partial charge in [-0.1, -0.05) is 12.1 Å². The molecule has 2 unspecified atom stereocenters. The number of hydrogen-bond donors (Lipinski definition) is 3. The molecule has 1 amide bonds. The third-order valence-corrected chi connectivity index (χ3v) is 4.78. The first-order chi connectivity index (χ1) is 12.5. The monoisotopic (exact) mass is 363 g/mol. The Morgan fingerprint density at radius 3 is 2.69 bits per heavy atom. The Hall–Kier alpha value is -2.32. The number of ether oxygens (including phenoxy) is 2. The average Bonchev–Trinajstić information content (AvgIpc) is 3.02. The van der Waals surface area contributed by atoms with E-state index in [9.17, 15) is 9.59 Å². The van der Waals surface area contributed by atoms with E-state index in [1.165, 1.54) is 0 Å². The first kappa shape index (κ1) is 18.5. The highest BCUT2D eigenvalue weighted by molar-refractivity contribution is 5.73. The molecule has 8 nitrogen and oxygen atoms in total. The van der Waals surface area contributed by atoms with E-state index >= 15 is 0 Å². The highest BCUT2D eigenvalue weighted by Crippen LogP contribution is 2.21. The summed E-state index contributed by atoms with van der Waals surface area (Å²) in [6, 6.07) is 6.45. The number of carboxylic acids is 1. The molecular formula is C18H25N3O5. The number of carbonyl (C=O) groups excluding carboxylic acids is 1. The standard InChI is InChI=1S/C18H25N3O5/c19-16(17(22)23)9-12-1-3-14(4-2-12)25-11-15-10-21(18(24)26-15)13-5-7-20-8-6-13/h1-4,13,15-16,20H,5-11,19H2,(H,22,23). The molecule has 26 heavy (non-hydrogen) atoms. The van der Waals surface area contributed by atoms with Crippen molar-refractivity contribution in [1.82, 2.24) is 10.2 Å². The molecule has 8 heteroatoms. The van der Waals surface area contributed by atoms with Gasteiger partial charge >= 0.3 is 12.1 Å². The lowest BCUT2D eigenvalue weighted by Gasteiger charge is -2.29. The van der Waals surface area contributed by atoms with Gasteiger partial charge in [0.05, 0.1) is 6.54 Å². The predicted molar refractivity (Wildman–Crippen MR) is 94.1 cm³/mol. The van der Waals surface area contributed by atoms with E-state index in [4.69, 9.17) is 20.3 Å². The van der Waals surface area contributed by atoms with E-state index in [-0.39, 0.29) is 24.7 Å². The summed E-state index contributed by atoms with van der Waals surface area (Å²) < 4.78 is 11.1. The quantitative estimate of drug-likeness (QED) is 0.650. The zero-order valence-electron chi connectivity index (χ0n) is 14.6. The SMILES string of the molecule is NC(Cc1ccc(OCC2CN(C3CCNCC3)C(=O)O2)cc1)C(=O)O. The highest BCUT2D eigenvalue weighted by atomic mass is 16.6. The first-order valence-electron chi connectivity index (χ1n) is 8.91. The molecule has 142 valence electrons. The summed E-state index contributed by atoms with van der Waals surface area (Å²) >= 11 is 0. The topological polar surface area (TPSA) is 114 Å². The van der Waals surface area contributed by atoms with Gasteiger partial charge < -0.3 is 30.5 Å². The summed E-state index contributed by atoms with van der Waals surface area (Å²) in [6.45, 7) is 2.69. The van der Waals surface area contributed by atoms with Crippen molar-refractivity contribution in [3.05, 3.63) is 29.8 Å². The minimum absolute atomic E-state index is 0.242. The minimum Gasteiger partial charge on any atom is -0.490 e. The fourth-order valence-corrected chi connectivity index (χ4v) is 3.30. The van der Waals surface area contributed by atoms with Crippen molar-refractivity contribution in [1.29, 1.82) is 0 Å². The van der Waals surface area contributed by atoms with Crippen molar-refractivity contribution >= 4 is 12.1 Å². The van der Waals surface area contributed by atoms with Crippen molar-refractivity contribution in [3.63, 3.8) is 0 Å². The largest absolute Gasteiger partial charge is 0.490 e. The molecule has 4 N–H and O–H groups in total. The molecule has 2 fully saturated rings. The van der Waals surface area contributed by atoms with Crippen LogP contribution in [0.15, 0.2) is 24.3 Å². The maximum Gasteiger partial charge on any atom is 0.410 e. The van der Waals surface area contributed by atoms with Gasteiger partial charge in [0, 0.05) is 6.04 Å². The van der Waals surface area contributed by atoms with E-state index in [0.29, 0.717) is 18.9 Å². The van der Waals surface area contributed by atoms with Gasteiger partial charge in [0.1, 0.15) is 18.4 Å². The summed E-state index contributed by atoms with van der Waals surface area (Å²) in [4.78, 5) is 24.7. The van der Waals surface area contributed by atoms with Crippen LogP contribution in [0.2, 0.25) is 0 Å². The van der Waals surface area contributed by atoms with Gasteiger partial charge in [-0.15, -0.1) is 0 Å². The van der Waals surface area contributed by atoms with Gasteiger partial charge in [0.15, 0.2) is 6.10 Å². The highest BCUT2D eigenvalue weighted by Gasteiger charge is 2.36. The molecule has 0 radical (unpaired) electrons. The van der Waals surface area contributed by atoms with Crippen molar-refractivity contribution in [2.24, 2.45) is 5.73 Å². The van der Waals surface area contributed by atoms with Crippen LogP contribution in [0.25, 0.3) is 0 Å². The summed E-state index contributed by atoms with van der Waals surface area (Å²) in [7, 11) is 0.